The Morgan fingerprint density at radius 2 is 1.94 bits per heavy atom. The monoisotopic (exact) mass is 453 g/mol. The standard InChI is InChI=1S/C24H32FN7O/c1-6-15-11-18(17-8-7-16(13-20(17)33)32-26-9-10-27-32)29-30-21(12-15)28-19-14-23(2,3)31-24(4,5)22(19)25/h7-11,13,19,22,31,33H,6,12,14H2,1-5H3,(H,28,30). The smallest absolute Gasteiger partial charge is 0.140 e. The normalized spacial score (nSPS) is 25.7. The number of amidine groups is 1. The molecule has 2 aliphatic heterocycles. The predicted octanol–water partition coefficient (Wildman–Crippen LogP) is 3.66. The fourth-order valence-electron chi connectivity index (χ4n) is 4.72. The van der Waals surface area contributed by atoms with Crippen molar-refractivity contribution in [1.82, 2.24) is 25.7 Å². The fraction of sp³-hybridized carbons (Fsp3) is 0.500. The number of halogens is 1. The van der Waals surface area contributed by atoms with Crippen LogP contribution in [0.1, 0.15) is 59.4 Å². The highest BCUT2D eigenvalue weighted by Gasteiger charge is 2.46. The van der Waals surface area contributed by atoms with Gasteiger partial charge in [0.05, 0.1) is 29.8 Å². The van der Waals surface area contributed by atoms with Crippen LogP contribution < -0.4 is 10.7 Å². The number of benzene rings is 1. The van der Waals surface area contributed by atoms with Gasteiger partial charge in [0.15, 0.2) is 0 Å². The number of hydrogen-bond acceptors (Lipinski definition) is 6. The molecule has 1 fully saturated rings. The number of nitrogens with zero attached hydrogens (tertiary/aromatic N) is 5. The van der Waals surface area contributed by atoms with Crippen LogP contribution >= 0.6 is 0 Å². The van der Waals surface area contributed by atoms with Crippen LogP contribution in [0, 0.1) is 0 Å². The second-order valence-electron chi connectivity index (χ2n) is 9.94. The van der Waals surface area contributed by atoms with Crippen molar-refractivity contribution < 1.29 is 9.50 Å². The van der Waals surface area contributed by atoms with Gasteiger partial charge in [-0.05, 0) is 58.7 Å². The molecule has 2 unspecified atom stereocenters. The lowest BCUT2D eigenvalue weighted by Gasteiger charge is -2.47. The largest absolute Gasteiger partial charge is 0.507 e. The number of phenols is 1. The van der Waals surface area contributed by atoms with Gasteiger partial charge in [-0.3, -0.25) is 10.4 Å². The molecule has 1 aromatic carbocycles. The average Bonchev–Trinajstić information content (AvgIpc) is 3.20. The molecule has 0 spiro atoms. The molecule has 2 atom stereocenters. The Balaban J connectivity index is 1.63. The molecule has 3 N–H and O–H groups in total. The van der Waals surface area contributed by atoms with Gasteiger partial charge in [0.2, 0.25) is 0 Å². The van der Waals surface area contributed by atoms with E-state index in [1.165, 1.54) is 4.80 Å². The van der Waals surface area contributed by atoms with Crippen LogP contribution in [0.15, 0.2) is 52.3 Å². The molecule has 9 heteroatoms. The lowest BCUT2D eigenvalue weighted by molar-refractivity contribution is 0.0594. The first-order valence-corrected chi connectivity index (χ1v) is 11.3. The first-order valence-electron chi connectivity index (χ1n) is 11.3. The summed E-state index contributed by atoms with van der Waals surface area (Å²) in [6.45, 7) is 9.98. The minimum absolute atomic E-state index is 0.0723. The zero-order valence-corrected chi connectivity index (χ0v) is 19.8. The topological polar surface area (TPSA) is 99.7 Å². The molecule has 176 valence electrons. The summed E-state index contributed by atoms with van der Waals surface area (Å²) in [6.07, 6.45) is 5.93. The molecule has 1 saturated heterocycles. The average molecular weight is 454 g/mol. The van der Waals surface area contributed by atoms with Gasteiger partial charge in [-0.2, -0.15) is 20.1 Å². The Labute approximate surface area is 193 Å². The Bertz CT molecular complexity index is 1100. The van der Waals surface area contributed by atoms with Gasteiger partial charge in [0, 0.05) is 29.1 Å². The maximum absolute atomic E-state index is 15.3. The van der Waals surface area contributed by atoms with Crippen LogP contribution in [0.3, 0.4) is 0 Å². The summed E-state index contributed by atoms with van der Waals surface area (Å²) in [6, 6.07) is 4.74. The number of rotatable bonds is 4. The van der Waals surface area contributed by atoms with E-state index in [4.69, 9.17) is 4.99 Å². The lowest BCUT2D eigenvalue weighted by Crippen LogP contribution is -2.65. The maximum Gasteiger partial charge on any atom is 0.140 e. The number of phenolic OH excluding ortho intramolecular Hbond substituents is 1. The Morgan fingerprint density at radius 1 is 1.21 bits per heavy atom. The molecule has 1 aromatic heterocycles. The van der Waals surface area contributed by atoms with Crippen molar-refractivity contribution in [3.8, 4) is 11.4 Å². The van der Waals surface area contributed by atoms with Crippen molar-refractivity contribution in [2.45, 2.75) is 77.2 Å². The zero-order valence-electron chi connectivity index (χ0n) is 19.8. The van der Waals surface area contributed by atoms with E-state index in [2.05, 4.69) is 46.8 Å². The minimum Gasteiger partial charge on any atom is -0.507 e. The van der Waals surface area contributed by atoms with Gasteiger partial charge in [0.1, 0.15) is 17.8 Å². The van der Waals surface area contributed by atoms with Crippen molar-refractivity contribution in [2.75, 3.05) is 0 Å². The van der Waals surface area contributed by atoms with E-state index in [1.54, 1.807) is 24.5 Å². The van der Waals surface area contributed by atoms with Crippen molar-refractivity contribution in [2.24, 2.45) is 10.1 Å². The van der Waals surface area contributed by atoms with E-state index in [1.807, 2.05) is 26.0 Å². The molecule has 8 nitrogen and oxygen atoms in total. The van der Waals surface area contributed by atoms with Gasteiger partial charge in [0.25, 0.3) is 0 Å². The minimum atomic E-state index is -1.12. The predicted molar refractivity (Wildman–Crippen MR) is 128 cm³/mol. The molecule has 0 bridgehead atoms. The second kappa shape index (κ2) is 8.70. The number of hydrogen-bond donors (Lipinski definition) is 3. The van der Waals surface area contributed by atoms with E-state index in [0.717, 1.165) is 12.0 Å². The third-order valence-electron chi connectivity index (χ3n) is 6.13. The van der Waals surface area contributed by atoms with Crippen LogP contribution in [-0.4, -0.2) is 54.9 Å². The molecule has 0 amide bonds. The van der Waals surface area contributed by atoms with Gasteiger partial charge in [-0.25, -0.2) is 4.39 Å². The number of alkyl halides is 1. The molecule has 0 saturated carbocycles. The van der Waals surface area contributed by atoms with Gasteiger partial charge in [-0.15, -0.1) is 0 Å². The Morgan fingerprint density at radius 3 is 2.61 bits per heavy atom. The van der Waals surface area contributed by atoms with Crippen LogP contribution in [0.25, 0.3) is 5.69 Å². The number of aliphatic imine (C=N–C) groups is 1. The summed E-state index contributed by atoms with van der Waals surface area (Å²) >= 11 is 0. The van der Waals surface area contributed by atoms with Gasteiger partial charge in [-0.1, -0.05) is 12.5 Å². The quantitative estimate of drug-likeness (QED) is 0.656. The number of hydrazone groups is 1. The molecule has 4 rings (SSSR count). The van der Waals surface area contributed by atoms with Crippen LogP contribution in [0.4, 0.5) is 4.39 Å². The summed E-state index contributed by atoms with van der Waals surface area (Å²) in [5.74, 6) is 0.708. The molecular formula is C24H32FN7O. The summed E-state index contributed by atoms with van der Waals surface area (Å²) < 4.78 is 15.3. The first kappa shape index (κ1) is 23.1. The van der Waals surface area contributed by atoms with E-state index in [-0.39, 0.29) is 11.3 Å². The van der Waals surface area contributed by atoms with Gasteiger partial charge < -0.3 is 10.4 Å². The fourth-order valence-corrected chi connectivity index (χ4v) is 4.72. The SMILES string of the molecule is CCC1=CC(c2ccc(-n3nccn3)cc2O)=NNC(=NC2CC(C)(C)NC(C)(C)C2F)C1. The highest BCUT2D eigenvalue weighted by atomic mass is 19.1. The molecule has 2 aliphatic rings. The molecule has 0 aliphatic carbocycles. The van der Waals surface area contributed by atoms with Crippen molar-refractivity contribution in [1.29, 1.82) is 0 Å². The molecular weight excluding hydrogens is 421 g/mol. The third kappa shape index (κ3) is 4.98. The highest BCUT2D eigenvalue weighted by molar-refractivity contribution is 6.12. The van der Waals surface area contributed by atoms with Crippen LogP contribution in [0.2, 0.25) is 0 Å². The van der Waals surface area contributed by atoms with E-state index >= 15 is 4.39 Å². The third-order valence-corrected chi connectivity index (χ3v) is 6.13. The number of aromatic nitrogens is 3. The van der Waals surface area contributed by atoms with E-state index in [9.17, 15) is 5.11 Å². The molecule has 2 aromatic rings. The van der Waals surface area contributed by atoms with Gasteiger partial charge >= 0.3 is 0 Å². The first-order chi connectivity index (χ1) is 15.6. The summed E-state index contributed by atoms with van der Waals surface area (Å²) in [4.78, 5) is 6.22. The lowest BCUT2D eigenvalue weighted by atomic mass is 9.78. The summed E-state index contributed by atoms with van der Waals surface area (Å²) in [5, 5.41) is 26.8. The van der Waals surface area contributed by atoms with Crippen LogP contribution in [-0.2, 0) is 0 Å². The second-order valence-corrected chi connectivity index (χ2v) is 9.94. The molecule has 0 radical (unpaired) electrons. The summed E-state index contributed by atoms with van der Waals surface area (Å²) in [7, 11) is 0. The van der Waals surface area contributed by atoms with Crippen molar-refractivity contribution in [3.05, 3.63) is 47.8 Å². The Hall–Kier alpha value is -3.07. The molecule has 33 heavy (non-hydrogen) atoms. The Kier molecular flexibility index (Phi) is 6.09. The zero-order chi connectivity index (χ0) is 23.8. The van der Waals surface area contributed by atoms with Crippen molar-refractivity contribution >= 4 is 11.5 Å². The maximum atomic E-state index is 15.3. The number of allylic oxidation sites excluding steroid dienone is 1. The van der Waals surface area contributed by atoms with Crippen molar-refractivity contribution in [3.63, 3.8) is 0 Å². The number of nitrogens with one attached hydrogen (secondary N) is 2. The van der Waals surface area contributed by atoms with E-state index < -0.39 is 17.8 Å². The summed E-state index contributed by atoms with van der Waals surface area (Å²) in [5.41, 5.74) is 5.07. The van der Waals surface area contributed by atoms with E-state index in [0.29, 0.717) is 35.6 Å². The van der Waals surface area contributed by atoms with Crippen LogP contribution in [0.5, 0.6) is 5.75 Å². The highest BCUT2D eigenvalue weighted by Crippen LogP contribution is 2.33. The molecule has 3 heterocycles. The number of aromatic hydroxyl groups is 1. The number of piperidine rings is 1.